The van der Waals surface area contributed by atoms with Crippen molar-refractivity contribution in [2.75, 3.05) is 13.2 Å². The third kappa shape index (κ3) is 3.65. The van der Waals surface area contributed by atoms with Crippen LogP contribution >= 0.6 is 0 Å². The van der Waals surface area contributed by atoms with Gasteiger partial charge in [-0.15, -0.1) is 0 Å². The average molecular weight is 342 g/mol. The molecule has 0 bridgehead atoms. The summed E-state index contributed by atoms with van der Waals surface area (Å²) in [5, 5.41) is 76.7. The SMILES string of the molecule is OC[C@H]1OC(O)C(O[C@@H]2O[C@H](CO)[C@@H](O)[C@H](O)[C@H]2O)[C@@H](O)[C@H]1O. The van der Waals surface area contributed by atoms with Crippen LogP contribution in [0, 0.1) is 0 Å². The van der Waals surface area contributed by atoms with Gasteiger partial charge in [-0.3, -0.25) is 0 Å². The second-order valence-corrected chi connectivity index (χ2v) is 5.53. The fourth-order valence-corrected chi connectivity index (χ4v) is 2.55. The Morgan fingerprint density at radius 1 is 0.652 bits per heavy atom. The van der Waals surface area contributed by atoms with Gasteiger partial charge in [-0.25, -0.2) is 0 Å². The number of rotatable bonds is 4. The van der Waals surface area contributed by atoms with Gasteiger partial charge in [0.2, 0.25) is 0 Å². The number of aliphatic hydroxyl groups is 8. The second kappa shape index (κ2) is 7.63. The first-order valence-electron chi connectivity index (χ1n) is 7.08. The largest absolute Gasteiger partial charge is 0.394 e. The lowest BCUT2D eigenvalue weighted by atomic mass is 9.97. The predicted molar refractivity (Wildman–Crippen MR) is 68.6 cm³/mol. The zero-order chi connectivity index (χ0) is 17.3. The minimum atomic E-state index is -1.75. The molecule has 2 unspecified atom stereocenters. The van der Waals surface area contributed by atoms with Gasteiger partial charge in [0.05, 0.1) is 13.2 Å². The number of hydrogen-bond donors (Lipinski definition) is 8. The molecule has 2 fully saturated rings. The zero-order valence-electron chi connectivity index (χ0n) is 12.0. The van der Waals surface area contributed by atoms with Crippen LogP contribution in [-0.2, 0) is 14.2 Å². The Labute approximate surface area is 130 Å². The van der Waals surface area contributed by atoms with Crippen molar-refractivity contribution in [1.82, 2.24) is 0 Å². The fourth-order valence-electron chi connectivity index (χ4n) is 2.55. The summed E-state index contributed by atoms with van der Waals surface area (Å²) in [6.07, 6.45) is -15.6. The molecule has 0 saturated carbocycles. The summed E-state index contributed by atoms with van der Waals surface area (Å²) < 4.78 is 15.1. The highest BCUT2D eigenvalue weighted by Crippen LogP contribution is 2.28. The molecule has 0 amide bonds. The highest BCUT2D eigenvalue weighted by atomic mass is 16.7. The first-order valence-corrected chi connectivity index (χ1v) is 7.08. The molecule has 0 radical (unpaired) electrons. The Morgan fingerprint density at radius 2 is 1.17 bits per heavy atom. The molecule has 8 N–H and O–H groups in total. The third-order valence-corrected chi connectivity index (χ3v) is 3.98. The summed E-state index contributed by atoms with van der Waals surface area (Å²) in [5.74, 6) is 0. The van der Waals surface area contributed by atoms with Gasteiger partial charge in [-0.05, 0) is 0 Å². The Hall–Kier alpha value is -0.440. The minimum absolute atomic E-state index is 0.651. The van der Waals surface area contributed by atoms with Crippen molar-refractivity contribution >= 4 is 0 Å². The Balaban J connectivity index is 2.08. The van der Waals surface area contributed by atoms with Crippen LogP contribution in [0.4, 0.5) is 0 Å². The van der Waals surface area contributed by atoms with Crippen LogP contribution in [0.2, 0.25) is 0 Å². The van der Waals surface area contributed by atoms with Crippen LogP contribution in [-0.4, -0.2) is 115 Å². The molecule has 11 heteroatoms. The smallest absolute Gasteiger partial charge is 0.187 e. The van der Waals surface area contributed by atoms with E-state index in [1.165, 1.54) is 0 Å². The monoisotopic (exact) mass is 342 g/mol. The molecule has 0 spiro atoms. The maximum absolute atomic E-state index is 9.94. The topological polar surface area (TPSA) is 190 Å². The molecule has 2 saturated heterocycles. The van der Waals surface area contributed by atoms with Crippen molar-refractivity contribution in [3.8, 4) is 0 Å². The van der Waals surface area contributed by atoms with Crippen LogP contribution in [0.1, 0.15) is 0 Å². The lowest BCUT2D eigenvalue weighted by molar-refractivity contribution is -0.361. The highest BCUT2D eigenvalue weighted by Gasteiger charge is 2.50. The Bertz CT molecular complexity index is 380. The maximum Gasteiger partial charge on any atom is 0.187 e. The zero-order valence-corrected chi connectivity index (χ0v) is 12.0. The normalized spacial score (nSPS) is 51.7. The molecule has 136 valence electrons. The number of ether oxygens (including phenoxy) is 3. The van der Waals surface area contributed by atoms with E-state index in [1.807, 2.05) is 0 Å². The van der Waals surface area contributed by atoms with Crippen molar-refractivity contribution in [3.05, 3.63) is 0 Å². The van der Waals surface area contributed by atoms with Gasteiger partial charge in [0.25, 0.3) is 0 Å². The molecule has 2 aliphatic rings. The van der Waals surface area contributed by atoms with Gasteiger partial charge in [-0.1, -0.05) is 0 Å². The van der Waals surface area contributed by atoms with E-state index in [9.17, 15) is 30.6 Å². The molecular weight excluding hydrogens is 320 g/mol. The van der Waals surface area contributed by atoms with Gasteiger partial charge in [0.15, 0.2) is 12.6 Å². The summed E-state index contributed by atoms with van der Waals surface area (Å²) in [6, 6.07) is 0. The van der Waals surface area contributed by atoms with Crippen molar-refractivity contribution in [2.24, 2.45) is 0 Å². The van der Waals surface area contributed by atoms with Gasteiger partial charge in [0, 0.05) is 0 Å². The number of hydrogen-bond acceptors (Lipinski definition) is 11. The van der Waals surface area contributed by atoms with E-state index in [-0.39, 0.29) is 0 Å². The van der Waals surface area contributed by atoms with E-state index >= 15 is 0 Å². The maximum atomic E-state index is 9.94. The summed E-state index contributed by atoms with van der Waals surface area (Å²) >= 11 is 0. The lowest BCUT2D eigenvalue weighted by Gasteiger charge is -2.44. The summed E-state index contributed by atoms with van der Waals surface area (Å²) in [5.41, 5.74) is 0. The van der Waals surface area contributed by atoms with E-state index in [1.54, 1.807) is 0 Å². The van der Waals surface area contributed by atoms with E-state index < -0.39 is 74.6 Å². The van der Waals surface area contributed by atoms with Crippen LogP contribution in [0.15, 0.2) is 0 Å². The van der Waals surface area contributed by atoms with Gasteiger partial charge in [-0.2, -0.15) is 0 Å². The van der Waals surface area contributed by atoms with E-state index in [2.05, 4.69) is 0 Å². The van der Waals surface area contributed by atoms with E-state index in [4.69, 9.17) is 24.4 Å². The molecule has 10 atom stereocenters. The molecule has 0 aromatic rings. The molecule has 0 aromatic carbocycles. The summed E-state index contributed by atoms with van der Waals surface area (Å²) in [6.45, 7) is -1.33. The molecule has 2 rings (SSSR count). The predicted octanol–water partition coefficient (Wildman–Crippen LogP) is -5.40. The average Bonchev–Trinajstić information content (AvgIpc) is 2.54. The van der Waals surface area contributed by atoms with Crippen LogP contribution in [0.25, 0.3) is 0 Å². The molecule has 0 aromatic heterocycles. The van der Waals surface area contributed by atoms with Crippen molar-refractivity contribution in [1.29, 1.82) is 0 Å². The van der Waals surface area contributed by atoms with Crippen molar-refractivity contribution in [2.45, 2.75) is 61.4 Å². The van der Waals surface area contributed by atoms with Crippen LogP contribution in [0.5, 0.6) is 0 Å². The quantitative estimate of drug-likeness (QED) is 0.243. The van der Waals surface area contributed by atoms with Crippen LogP contribution < -0.4 is 0 Å². The Kier molecular flexibility index (Phi) is 6.27. The molecule has 11 nitrogen and oxygen atoms in total. The fraction of sp³-hybridized carbons (Fsp3) is 1.00. The number of aliphatic hydroxyl groups excluding tert-OH is 8. The lowest BCUT2D eigenvalue weighted by Crippen LogP contribution is -2.64. The Morgan fingerprint density at radius 3 is 1.74 bits per heavy atom. The molecule has 2 aliphatic heterocycles. The van der Waals surface area contributed by atoms with Crippen molar-refractivity contribution in [3.63, 3.8) is 0 Å². The first kappa shape index (κ1) is 18.9. The second-order valence-electron chi connectivity index (χ2n) is 5.53. The van der Waals surface area contributed by atoms with Crippen molar-refractivity contribution < 1.29 is 55.1 Å². The molecular formula is C12H22O11. The minimum Gasteiger partial charge on any atom is -0.394 e. The van der Waals surface area contributed by atoms with E-state index in [0.717, 1.165) is 0 Å². The van der Waals surface area contributed by atoms with E-state index in [0.29, 0.717) is 0 Å². The van der Waals surface area contributed by atoms with Gasteiger partial charge >= 0.3 is 0 Å². The molecule has 23 heavy (non-hydrogen) atoms. The summed E-state index contributed by atoms with van der Waals surface area (Å²) in [4.78, 5) is 0. The summed E-state index contributed by atoms with van der Waals surface area (Å²) in [7, 11) is 0. The highest BCUT2D eigenvalue weighted by molar-refractivity contribution is 4.93. The molecule has 2 heterocycles. The third-order valence-electron chi connectivity index (χ3n) is 3.98. The van der Waals surface area contributed by atoms with Gasteiger partial charge < -0.3 is 55.1 Å². The van der Waals surface area contributed by atoms with Gasteiger partial charge in [0.1, 0.15) is 48.8 Å². The van der Waals surface area contributed by atoms with Crippen LogP contribution in [0.3, 0.4) is 0 Å². The first-order chi connectivity index (χ1) is 10.8. The molecule has 0 aliphatic carbocycles. The standard InChI is InChI=1S/C12H22O11/c13-1-3-6(16)8(18)10(11(20)21-3)23-12-9(19)7(17)5(15)4(2-14)22-12/h3-20H,1-2H2/t3-,4-,5-,6+,7+,8+,9-,10?,11?,12+/m1/s1.